The molecule has 0 aliphatic carbocycles. The first-order valence-corrected chi connectivity index (χ1v) is 9.14. The van der Waals surface area contributed by atoms with E-state index >= 15 is 0 Å². The minimum absolute atomic E-state index is 0.211. The molecule has 2 aromatic carbocycles. The summed E-state index contributed by atoms with van der Waals surface area (Å²) in [7, 11) is 3.10. The monoisotopic (exact) mass is 405 g/mol. The second-order valence-corrected chi connectivity index (χ2v) is 6.33. The van der Waals surface area contributed by atoms with E-state index in [1.807, 2.05) is 30.3 Å². The first-order chi connectivity index (χ1) is 14.7. The van der Waals surface area contributed by atoms with E-state index in [1.54, 1.807) is 50.9 Å². The van der Waals surface area contributed by atoms with Gasteiger partial charge < -0.3 is 14.2 Å². The standard InChI is InChI=1S/C22H19N3O5/c1-27-19-10-9-15(12-20(19)28-2)21-24-30-22(26)25(21)14-16-6-3-4-8-18(16)29-17-7-5-11-23-13-17/h3-13H,14H2,1-2H3. The van der Waals surface area contributed by atoms with Crippen LogP contribution in [-0.4, -0.2) is 28.9 Å². The maximum Gasteiger partial charge on any atom is 0.442 e. The van der Waals surface area contributed by atoms with Crippen LogP contribution in [0, 0.1) is 0 Å². The molecule has 0 N–H and O–H groups in total. The lowest BCUT2D eigenvalue weighted by molar-refractivity contribution is 0.355. The van der Waals surface area contributed by atoms with E-state index in [4.69, 9.17) is 18.7 Å². The number of ether oxygens (including phenoxy) is 3. The Kier molecular flexibility index (Phi) is 5.47. The van der Waals surface area contributed by atoms with Gasteiger partial charge in [0, 0.05) is 17.3 Å². The third-order valence-electron chi connectivity index (χ3n) is 4.49. The van der Waals surface area contributed by atoms with Crippen molar-refractivity contribution in [2.75, 3.05) is 14.2 Å². The maximum atomic E-state index is 12.4. The highest BCUT2D eigenvalue weighted by molar-refractivity contribution is 5.61. The van der Waals surface area contributed by atoms with Gasteiger partial charge in [-0.25, -0.2) is 4.79 Å². The van der Waals surface area contributed by atoms with Gasteiger partial charge in [0.15, 0.2) is 17.3 Å². The summed E-state index contributed by atoms with van der Waals surface area (Å²) < 4.78 is 23.0. The predicted molar refractivity (Wildman–Crippen MR) is 109 cm³/mol. The van der Waals surface area contributed by atoms with Crippen LogP contribution in [0.3, 0.4) is 0 Å². The van der Waals surface area contributed by atoms with E-state index in [2.05, 4.69) is 10.1 Å². The molecule has 0 atom stereocenters. The lowest BCUT2D eigenvalue weighted by Crippen LogP contribution is -2.16. The molecule has 0 fully saturated rings. The van der Waals surface area contributed by atoms with Gasteiger partial charge in [-0.2, -0.15) is 0 Å². The van der Waals surface area contributed by atoms with Crippen molar-refractivity contribution in [3.8, 4) is 34.4 Å². The SMILES string of the molecule is COc1ccc(-c2noc(=O)n2Cc2ccccc2Oc2cccnc2)cc1OC. The van der Waals surface area contributed by atoms with Gasteiger partial charge in [0.05, 0.1) is 27.0 Å². The summed E-state index contributed by atoms with van der Waals surface area (Å²) >= 11 is 0. The molecule has 0 aliphatic heterocycles. The van der Waals surface area contributed by atoms with Gasteiger partial charge in [-0.15, -0.1) is 0 Å². The van der Waals surface area contributed by atoms with Crippen molar-refractivity contribution in [3.63, 3.8) is 0 Å². The molecule has 152 valence electrons. The topological polar surface area (TPSA) is 88.6 Å². The minimum atomic E-state index is -0.573. The molecule has 8 heteroatoms. The molecule has 2 heterocycles. The molecule has 0 amide bonds. The van der Waals surface area contributed by atoms with Gasteiger partial charge in [0.25, 0.3) is 0 Å². The lowest BCUT2D eigenvalue weighted by atomic mass is 10.1. The van der Waals surface area contributed by atoms with Gasteiger partial charge in [-0.3, -0.25) is 14.1 Å². The third-order valence-corrected chi connectivity index (χ3v) is 4.49. The first kappa shape index (κ1) is 19.3. The van der Waals surface area contributed by atoms with Crippen LogP contribution in [0.2, 0.25) is 0 Å². The van der Waals surface area contributed by atoms with Crippen LogP contribution >= 0.6 is 0 Å². The smallest absolute Gasteiger partial charge is 0.442 e. The zero-order valence-corrected chi connectivity index (χ0v) is 16.4. The molecule has 4 aromatic rings. The summed E-state index contributed by atoms with van der Waals surface area (Å²) in [6, 6.07) is 16.3. The maximum absolute atomic E-state index is 12.4. The number of para-hydroxylation sites is 1. The van der Waals surface area contributed by atoms with Gasteiger partial charge in [0.1, 0.15) is 11.5 Å². The third kappa shape index (κ3) is 3.88. The summed E-state index contributed by atoms with van der Waals surface area (Å²) in [5.41, 5.74) is 1.44. The Labute approximate surface area is 172 Å². The second kappa shape index (κ2) is 8.52. The molecule has 2 aromatic heterocycles. The van der Waals surface area contributed by atoms with Crippen molar-refractivity contribution in [3.05, 3.63) is 83.1 Å². The summed E-state index contributed by atoms with van der Waals surface area (Å²) in [6.45, 7) is 0.211. The molecule has 0 saturated carbocycles. The second-order valence-electron chi connectivity index (χ2n) is 6.33. The Bertz CT molecular complexity index is 1200. The molecule has 0 saturated heterocycles. The van der Waals surface area contributed by atoms with Gasteiger partial charge in [0.2, 0.25) is 0 Å². The molecule has 4 rings (SSSR count). The Hall–Kier alpha value is -4.07. The van der Waals surface area contributed by atoms with Crippen LogP contribution in [-0.2, 0) is 6.54 Å². The van der Waals surface area contributed by atoms with E-state index in [0.717, 1.165) is 5.56 Å². The highest BCUT2D eigenvalue weighted by Gasteiger charge is 2.17. The van der Waals surface area contributed by atoms with Gasteiger partial charge in [-0.1, -0.05) is 23.4 Å². The summed E-state index contributed by atoms with van der Waals surface area (Å²) in [5, 5.41) is 3.95. The van der Waals surface area contributed by atoms with Gasteiger partial charge >= 0.3 is 5.76 Å². The van der Waals surface area contributed by atoms with E-state index in [1.165, 1.54) is 4.57 Å². The fourth-order valence-electron chi connectivity index (χ4n) is 3.03. The molecule has 0 bridgehead atoms. The van der Waals surface area contributed by atoms with E-state index in [0.29, 0.717) is 34.4 Å². The molecular formula is C22H19N3O5. The molecule has 0 aliphatic rings. The Balaban J connectivity index is 1.70. The van der Waals surface area contributed by atoms with Crippen LogP contribution in [0.4, 0.5) is 0 Å². The van der Waals surface area contributed by atoms with Crippen molar-refractivity contribution in [2.45, 2.75) is 6.54 Å². The zero-order valence-electron chi connectivity index (χ0n) is 16.4. The number of methoxy groups -OCH3 is 2. The van der Waals surface area contributed by atoms with Crippen LogP contribution in [0.15, 0.2) is 76.3 Å². The number of hydrogen-bond acceptors (Lipinski definition) is 7. The fraction of sp³-hybridized carbons (Fsp3) is 0.136. The van der Waals surface area contributed by atoms with Crippen molar-refractivity contribution in [1.29, 1.82) is 0 Å². The number of aromatic nitrogens is 3. The Morgan fingerprint density at radius 2 is 1.80 bits per heavy atom. The van der Waals surface area contributed by atoms with Crippen molar-refractivity contribution in [1.82, 2.24) is 14.7 Å². The average Bonchev–Trinajstić information content (AvgIpc) is 3.15. The molecular weight excluding hydrogens is 386 g/mol. The minimum Gasteiger partial charge on any atom is -0.493 e. The Morgan fingerprint density at radius 3 is 2.57 bits per heavy atom. The number of benzene rings is 2. The van der Waals surface area contributed by atoms with Crippen molar-refractivity contribution in [2.24, 2.45) is 0 Å². The largest absolute Gasteiger partial charge is 0.493 e. The number of hydrogen-bond donors (Lipinski definition) is 0. The highest BCUT2D eigenvalue weighted by atomic mass is 16.5. The normalized spacial score (nSPS) is 10.6. The highest BCUT2D eigenvalue weighted by Crippen LogP contribution is 2.32. The van der Waals surface area contributed by atoms with Crippen molar-refractivity contribution >= 4 is 0 Å². The number of nitrogens with zero attached hydrogens (tertiary/aromatic N) is 3. The molecule has 0 spiro atoms. The molecule has 30 heavy (non-hydrogen) atoms. The van der Waals surface area contributed by atoms with E-state index < -0.39 is 5.76 Å². The van der Waals surface area contributed by atoms with Crippen LogP contribution in [0.1, 0.15) is 5.56 Å². The predicted octanol–water partition coefficient (Wildman–Crippen LogP) is 3.76. The summed E-state index contributed by atoms with van der Waals surface area (Å²) in [6.07, 6.45) is 3.29. The summed E-state index contributed by atoms with van der Waals surface area (Å²) in [4.78, 5) is 16.4. The molecule has 0 radical (unpaired) electrons. The number of pyridine rings is 1. The van der Waals surface area contributed by atoms with Crippen LogP contribution < -0.4 is 20.0 Å². The quantitative estimate of drug-likeness (QED) is 0.463. The van der Waals surface area contributed by atoms with Crippen LogP contribution in [0.5, 0.6) is 23.0 Å². The zero-order chi connectivity index (χ0) is 20.9. The summed E-state index contributed by atoms with van der Waals surface area (Å²) in [5.74, 6) is 2.11. The first-order valence-electron chi connectivity index (χ1n) is 9.14. The fourth-order valence-corrected chi connectivity index (χ4v) is 3.03. The lowest BCUT2D eigenvalue weighted by Gasteiger charge is -2.12. The average molecular weight is 405 g/mol. The van der Waals surface area contributed by atoms with E-state index in [9.17, 15) is 4.79 Å². The van der Waals surface area contributed by atoms with Gasteiger partial charge in [-0.05, 0) is 36.4 Å². The Morgan fingerprint density at radius 1 is 0.967 bits per heavy atom. The van der Waals surface area contributed by atoms with E-state index in [-0.39, 0.29) is 6.54 Å². The number of rotatable bonds is 7. The molecule has 0 unspecified atom stereocenters. The molecule has 8 nitrogen and oxygen atoms in total. The van der Waals surface area contributed by atoms with Crippen LogP contribution in [0.25, 0.3) is 11.4 Å². The van der Waals surface area contributed by atoms with Crippen molar-refractivity contribution < 1.29 is 18.7 Å².